The number of fused-ring (bicyclic) bond motifs is 1. The van der Waals surface area contributed by atoms with Gasteiger partial charge >= 0.3 is 6.18 Å². The number of imidazole rings is 1. The van der Waals surface area contributed by atoms with Crippen LogP contribution in [0.15, 0.2) is 18.2 Å². The van der Waals surface area contributed by atoms with Gasteiger partial charge in [-0.25, -0.2) is 4.98 Å². The minimum atomic E-state index is -4.57. The van der Waals surface area contributed by atoms with Crippen LogP contribution in [0.25, 0.3) is 11.0 Å². The zero-order chi connectivity index (χ0) is 21.7. The molecule has 0 bridgehead atoms. The normalized spacial score (nSPS) is 15.6. The number of alkyl halides is 3. The number of hydrogen-bond acceptors (Lipinski definition) is 4. The third-order valence-electron chi connectivity index (χ3n) is 5.36. The number of H-pyrrole nitrogens is 1. The van der Waals surface area contributed by atoms with Crippen LogP contribution >= 0.6 is 0 Å². The highest BCUT2D eigenvalue weighted by atomic mass is 19.4. The first kappa shape index (κ1) is 22.1. The van der Waals surface area contributed by atoms with Crippen LogP contribution in [0.5, 0.6) is 0 Å². The van der Waals surface area contributed by atoms with Crippen molar-refractivity contribution >= 4 is 28.5 Å². The quantitative estimate of drug-likeness (QED) is 0.604. The number of halogens is 3. The van der Waals surface area contributed by atoms with Gasteiger partial charge in [-0.05, 0) is 37.1 Å². The van der Waals surface area contributed by atoms with Gasteiger partial charge in [0.25, 0.3) is 0 Å². The Hall–Kier alpha value is -2.62. The van der Waals surface area contributed by atoms with E-state index in [-0.39, 0.29) is 30.0 Å². The second-order valence-electron chi connectivity index (χ2n) is 7.83. The Labute approximate surface area is 172 Å². The fourth-order valence-corrected chi connectivity index (χ4v) is 3.90. The number of aromatic amines is 1. The summed E-state index contributed by atoms with van der Waals surface area (Å²) < 4.78 is 38.4. The van der Waals surface area contributed by atoms with Crippen LogP contribution in [0.3, 0.4) is 0 Å². The molecule has 1 saturated carbocycles. The van der Waals surface area contributed by atoms with Crippen molar-refractivity contribution in [1.29, 1.82) is 0 Å². The number of rotatable bonds is 8. The van der Waals surface area contributed by atoms with Gasteiger partial charge in [-0.2, -0.15) is 13.2 Å². The first-order valence-corrected chi connectivity index (χ1v) is 10.1. The second kappa shape index (κ2) is 9.46. The van der Waals surface area contributed by atoms with Crippen molar-refractivity contribution < 1.29 is 22.8 Å². The molecule has 1 aliphatic carbocycles. The predicted molar refractivity (Wildman–Crippen MR) is 107 cm³/mol. The molecule has 4 N–H and O–H groups in total. The summed E-state index contributed by atoms with van der Waals surface area (Å²) in [4.78, 5) is 31.2. The highest BCUT2D eigenvalue weighted by Gasteiger charge is 2.34. The Morgan fingerprint density at radius 2 is 1.93 bits per heavy atom. The van der Waals surface area contributed by atoms with Gasteiger partial charge in [-0.1, -0.05) is 32.1 Å². The van der Waals surface area contributed by atoms with Gasteiger partial charge in [0.15, 0.2) is 0 Å². The number of amides is 2. The van der Waals surface area contributed by atoms with Gasteiger partial charge in [-0.3, -0.25) is 14.5 Å². The maximum atomic E-state index is 12.8. The minimum Gasteiger partial charge on any atom is -0.369 e. The van der Waals surface area contributed by atoms with Crippen LogP contribution in [0.4, 0.5) is 18.9 Å². The van der Waals surface area contributed by atoms with Crippen molar-refractivity contribution in [2.45, 2.75) is 44.7 Å². The Bertz CT molecular complexity index is 890. The Balaban J connectivity index is 1.60. The Kier molecular flexibility index (Phi) is 6.96. The molecule has 0 unspecified atom stereocenters. The number of nitrogens with two attached hydrogens (primary N) is 1. The molecule has 7 nitrogen and oxygen atoms in total. The number of hydrogen-bond donors (Lipinski definition) is 3. The smallest absolute Gasteiger partial charge is 0.369 e. The lowest BCUT2D eigenvalue weighted by molar-refractivity contribution is -0.144. The predicted octanol–water partition coefficient (Wildman–Crippen LogP) is 3.28. The SMILES string of the molecule is NC(=O)CN(CCC1CCCCC1)CC(=O)Nc1ccc2nc(C(F)(F)F)[nH]c2c1. The van der Waals surface area contributed by atoms with Crippen LogP contribution in [-0.2, 0) is 15.8 Å². The van der Waals surface area contributed by atoms with Crippen LogP contribution in [-0.4, -0.2) is 46.3 Å². The minimum absolute atomic E-state index is 0.0192. The number of primary amides is 1. The fraction of sp³-hybridized carbons (Fsp3) is 0.550. The summed E-state index contributed by atoms with van der Waals surface area (Å²) in [5.74, 6) is -1.36. The van der Waals surface area contributed by atoms with Gasteiger partial charge in [0, 0.05) is 5.69 Å². The van der Waals surface area contributed by atoms with Gasteiger partial charge in [0.05, 0.1) is 24.1 Å². The van der Waals surface area contributed by atoms with E-state index in [4.69, 9.17) is 5.73 Å². The van der Waals surface area contributed by atoms with E-state index in [1.807, 2.05) is 0 Å². The number of carbonyl (C=O) groups excluding carboxylic acids is 2. The number of carbonyl (C=O) groups is 2. The molecule has 2 aromatic rings. The molecule has 10 heteroatoms. The van der Waals surface area contributed by atoms with Crippen LogP contribution in [0.2, 0.25) is 0 Å². The van der Waals surface area contributed by atoms with E-state index in [1.165, 1.54) is 50.3 Å². The first-order valence-electron chi connectivity index (χ1n) is 10.1. The van der Waals surface area contributed by atoms with Gasteiger partial charge in [-0.15, -0.1) is 0 Å². The fourth-order valence-electron chi connectivity index (χ4n) is 3.90. The summed E-state index contributed by atoms with van der Waals surface area (Å²) in [6.45, 7) is 0.550. The average molecular weight is 425 g/mol. The highest BCUT2D eigenvalue weighted by molar-refractivity contribution is 5.94. The molecule has 0 aliphatic heterocycles. The van der Waals surface area contributed by atoms with E-state index >= 15 is 0 Å². The third-order valence-corrected chi connectivity index (χ3v) is 5.36. The van der Waals surface area contributed by atoms with Gasteiger partial charge < -0.3 is 16.0 Å². The average Bonchev–Trinajstić information content (AvgIpc) is 3.10. The number of nitrogens with one attached hydrogen (secondary N) is 2. The van der Waals surface area contributed by atoms with Crippen LogP contribution in [0.1, 0.15) is 44.3 Å². The van der Waals surface area contributed by atoms with Crippen LogP contribution < -0.4 is 11.1 Å². The molecule has 30 heavy (non-hydrogen) atoms. The standard InChI is InChI=1S/C20H26F3N5O2/c21-20(22,23)19-26-15-7-6-14(10-16(15)27-19)25-18(30)12-28(11-17(24)29)9-8-13-4-2-1-3-5-13/h6-7,10,13H,1-5,8-9,11-12H2,(H2,24,29)(H,25,30)(H,26,27). The lowest BCUT2D eigenvalue weighted by Gasteiger charge is -2.26. The second-order valence-corrected chi connectivity index (χ2v) is 7.83. The molecule has 2 amide bonds. The van der Waals surface area contributed by atoms with E-state index in [1.54, 1.807) is 4.90 Å². The molecule has 1 fully saturated rings. The van der Waals surface area contributed by atoms with E-state index < -0.39 is 17.9 Å². The molecular formula is C20H26F3N5O2. The summed E-state index contributed by atoms with van der Waals surface area (Å²) in [5, 5.41) is 2.66. The molecule has 1 aliphatic rings. The van der Waals surface area contributed by atoms with Gasteiger partial charge in [0.1, 0.15) is 0 Å². The lowest BCUT2D eigenvalue weighted by Crippen LogP contribution is -2.40. The summed E-state index contributed by atoms with van der Waals surface area (Å²) in [6, 6.07) is 4.29. The molecule has 0 radical (unpaired) electrons. The monoisotopic (exact) mass is 425 g/mol. The maximum absolute atomic E-state index is 12.8. The van der Waals surface area contributed by atoms with E-state index in [0.29, 0.717) is 18.2 Å². The van der Waals surface area contributed by atoms with E-state index in [0.717, 1.165) is 6.42 Å². The summed E-state index contributed by atoms with van der Waals surface area (Å²) >= 11 is 0. The Morgan fingerprint density at radius 3 is 2.60 bits per heavy atom. The molecule has 3 rings (SSSR count). The molecule has 1 aromatic heterocycles. The summed E-state index contributed by atoms with van der Waals surface area (Å²) in [7, 11) is 0. The van der Waals surface area contributed by atoms with Crippen LogP contribution in [0, 0.1) is 5.92 Å². The lowest BCUT2D eigenvalue weighted by atomic mass is 9.87. The molecule has 1 aromatic carbocycles. The first-order chi connectivity index (χ1) is 14.2. The zero-order valence-electron chi connectivity index (χ0n) is 16.6. The summed E-state index contributed by atoms with van der Waals surface area (Å²) in [6.07, 6.45) is 2.35. The maximum Gasteiger partial charge on any atom is 0.449 e. The van der Waals surface area contributed by atoms with Crippen molar-refractivity contribution in [3.05, 3.63) is 24.0 Å². The number of anilines is 1. The van der Waals surface area contributed by atoms with Crippen molar-refractivity contribution in [3.8, 4) is 0 Å². The third kappa shape index (κ3) is 6.19. The zero-order valence-corrected chi connectivity index (χ0v) is 16.6. The van der Waals surface area contributed by atoms with Crippen molar-refractivity contribution in [3.63, 3.8) is 0 Å². The number of aromatic nitrogens is 2. The molecular weight excluding hydrogens is 399 g/mol. The van der Waals surface area contributed by atoms with Gasteiger partial charge in [0.2, 0.25) is 17.6 Å². The number of benzene rings is 1. The molecule has 0 saturated heterocycles. The van der Waals surface area contributed by atoms with E-state index in [2.05, 4.69) is 15.3 Å². The highest BCUT2D eigenvalue weighted by Crippen LogP contribution is 2.29. The number of nitrogens with zero attached hydrogens (tertiary/aromatic N) is 2. The molecule has 0 spiro atoms. The topological polar surface area (TPSA) is 104 Å². The van der Waals surface area contributed by atoms with Crippen molar-refractivity contribution in [2.75, 3.05) is 25.0 Å². The Morgan fingerprint density at radius 1 is 1.20 bits per heavy atom. The molecule has 164 valence electrons. The van der Waals surface area contributed by atoms with E-state index in [9.17, 15) is 22.8 Å². The molecule has 0 atom stereocenters. The van der Waals surface area contributed by atoms with Crippen molar-refractivity contribution in [1.82, 2.24) is 14.9 Å². The molecule has 1 heterocycles. The largest absolute Gasteiger partial charge is 0.449 e. The van der Waals surface area contributed by atoms with Crippen molar-refractivity contribution in [2.24, 2.45) is 11.7 Å². The summed E-state index contributed by atoms with van der Waals surface area (Å²) in [5.41, 5.74) is 5.99.